The van der Waals surface area contributed by atoms with Gasteiger partial charge in [-0.15, -0.1) is 0 Å². The van der Waals surface area contributed by atoms with Gasteiger partial charge in [0.1, 0.15) is 11.4 Å². The summed E-state index contributed by atoms with van der Waals surface area (Å²) in [6.45, 7) is 1.73. The molecule has 9 nitrogen and oxygen atoms in total. The van der Waals surface area contributed by atoms with E-state index in [1.165, 1.54) is 23.1 Å². The number of hydrogen-bond acceptors (Lipinski definition) is 5. The van der Waals surface area contributed by atoms with Crippen molar-refractivity contribution in [2.75, 3.05) is 38.0 Å². The molecule has 2 aromatic carbocycles. The van der Waals surface area contributed by atoms with E-state index in [0.29, 0.717) is 50.3 Å². The van der Waals surface area contributed by atoms with Crippen LogP contribution in [0.2, 0.25) is 0 Å². The van der Waals surface area contributed by atoms with Gasteiger partial charge in [0.15, 0.2) is 0 Å². The number of aromatic amines is 1. The van der Waals surface area contributed by atoms with Crippen LogP contribution in [0.4, 0.5) is 10.1 Å². The van der Waals surface area contributed by atoms with E-state index >= 15 is 0 Å². The first-order valence-corrected chi connectivity index (χ1v) is 11.3. The number of halogens is 1. The van der Waals surface area contributed by atoms with Crippen LogP contribution in [0.3, 0.4) is 0 Å². The Labute approximate surface area is 195 Å². The van der Waals surface area contributed by atoms with E-state index in [1.807, 2.05) is 12.1 Å². The minimum absolute atomic E-state index is 0.0764. The molecule has 2 fully saturated rings. The number of hydrogen-bond donors (Lipinski definition) is 3. The van der Waals surface area contributed by atoms with Crippen molar-refractivity contribution in [3.05, 3.63) is 60.0 Å². The van der Waals surface area contributed by atoms with Crippen LogP contribution in [0.15, 0.2) is 48.7 Å². The van der Waals surface area contributed by atoms with E-state index in [0.717, 1.165) is 10.9 Å². The Morgan fingerprint density at radius 1 is 1.12 bits per heavy atom. The topological polar surface area (TPSA) is 110 Å². The lowest BCUT2D eigenvalue weighted by Gasteiger charge is -2.46. The second-order valence-electron chi connectivity index (χ2n) is 8.76. The predicted molar refractivity (Wildman–Crippen MR) is 124 cm³/mol. The third-order valence-corrected chi connectivity index (χ3v) is 6.58. The van der Waals surface area contributed by atoms with Crippen LogP contribution in [0.25, 0.3) is 10.9 Å². The Morgan fingerprint density at radius 2 is 1.94 bits per heavy atom. The molecule has 0 bridgehead atoms. The van der Waals surface area contributed by atoms with Crippen LogP contribution in [0.1, 0.15) is 23.2 Å². The van der Waals surface area contributed by atoms with Gasteiger partial charge >= 0.3 is 0 Å². The Bertz CT molecular complexity index is 1250. The first kappa shape index (κ1) is 22.0. The molecule has 0 unspecified atom stereocenters. The minimum Gasteiger partial charge on any atom is -0.338 e. The fourth-order valence-corrected chi connectivity index (χ4v) is 4.74. The third-order valence-electron chi connectivity index (χ3n) is 6.58. The molecule has 2 aliphatic heterocycles. The monoisotopic (exact) mass is 464 g/mol. The Kier molecular flexibility index (Phi) is 5.74. The van der Waals surface area contributed by atoms with E-state index in [2.05, 4.69) is 20.8 Å². The summed E-state index contributed by atoms with van der Waals surface area (Å²) in [4.78, 5) is 42.1. The number of anilines is 1. The molecule has 0 atom stereocenters. The van der Waals surface area contributed by atoms with Crippen LogP contribution in [-0.4, -0.2) is 76.0 Å². The molecular weight excluding hydrogens is 439 g/mol. The predicted octanol–water partition coefficient (Wildman–Crippen LogP) is 1.75. The molecule has 3 N–H and O–H groups in total. The number of H-pyrrole nitrogens is 1. The summed E-state index contributed by atoms with van der Waals surface area (Å²) in [6, 6.07) is 11.1. The number of piperazine rings is 1. The SMILES string of the molecule is O=C(CN1CCNC2(CCN(C(=O)c3ccc4[nH]ncc4c3)CC2)C1=O)Nc1cccc(F)c1. The highest BCUT2D eigenvalue weighted by Gasteiger charge is 2.46. The van der Waals surface area contributed by atoms with Gasteiger partial charge < -0.3 is 20.4 Å². The quantitative estimate of drug-likeness (QED) is 0.545. The van der Waals surface area contributed by atoms with Gasteiger partial charge in [0.25, 0.3) is 5.91 Å². The summed E-state index contributed by atoms with van der Waals surface area (Å²) in [5.74, 6) is -1.04. The number of amides is 3. The fraction of sp³-hybridized carbons (Fsp3) is 0.333. The zero-order valence-corrected chi connectivity index (χ0v) is 18.5. The molecule has 3 heterocycles. The summed E-state index contributed by atoms with van der Waals surface area (Å²) in [5.41, 5.74) is 1.02. The number of fused-ring (bicyclic) bond motifs is 1. The molecule has 10 heteroatoms. The van der Waals surface area contributed by atoms with Crippen LogP contribution in [-0.2, 0) is 9.59 Å². The van der Waals surface area contributed by atoms with Gasteiger partial charge in [0.05, 0.1) is 18.3 Å². The number of nitrogens with one attached hydrogen (secondary N) is 3. The van der Waals surface area contributed by atoms with E-state index < -0.39 is 11.4 Å². The molecule has 1 spiro atoms. The Balaban J connectivity index is 1.21. The molecule has 176 valence electrons. The number of benzene rings is 2. The van der Waals surface area contributed by atoms with Crippen LogP contribution in [0, 0.1) is 5.82 Å². The molecule has 1 aromatic heterocycles. The van der Waals surface area contributed by atoms with Gasteiger partial charge in [0.2, 0.25) is 11.8 Å². The van der Waals surface area contributed by atoms with Crippen LogP contribution in [0.5, 0.6) is 0 Å². The lowest BCUT2D eigenvalue weighted by molar-refractivity contribution is -0.145. The van der Waals surface area contributed by atoms with E-state index in [-0.39, 0.29) is 24.3 Å². The maximum Gasteiger partial charge on any atom is 0.253 e. The standard InChI is InChI=1S/C24H25FN6O3/c25-18-2-1-3-19(13-18)28-21(32)15-31-11-8-26-24(23(31)34)6-9-30(10-7-24)22(33)16-4-5-20-17(12-16)14-27-29-20/h1-5,12-14,26H,6-11,15H2,(H,27,29)(H,28,32). The molecule has 3 aromatic rings. The average Bonchev–Trinajstić information content (AvgIpc) is 3.30. The molecule has 0 saturated carbocycles. The largest absolute Gasteiger partial charge is 0.338 e. The van der Waals surface area contributed by atoms with Gasteiger partial charge in [-0.1, -0.05) is 6.07 Å². The average molecular weight is 465 g/mol. The van der Waals surface area contributed by atoms with Crippen molar-refractivity contribution >= 4 is 34.3 Å². The third kappa shape index (κ3) is 4.24. The first-order valence-electron chi connectivity index (χ1n) is 11.3. The van der Waals surface area contributed by atoms with Crippen molar-refractivity contribution in [2.24, 2.45) is 0 Å². The maximum absolute atomic E-state index is 13.4. The molecule has 2 aliphatic rings. The van der Waals surface area contributed by atoms with Crippen molar-refractivity contribution in [2.45, 2.75) is 18.4 Å². The lowest BCUT2D eigenvalue weighted by atomic mass is 9.84. The normalized spacial score (nSPS) is 17.9. The van der Waals surface area contributed by atoms with Gasteiger partial charge in [0, 0.05) is 42.8 Å². The van der Waals surface area contributed by atoms with E-state index in [4.69, 9.17) is 0 Å². The summed E-state index contributed by atoms with van der Waals surface area (Å²) in [5, 5.41) is 13.7. The zero-order chi connectivity index (χ0) is 23.7. The summed E-state index contributed by atoms with van der Waals surface area (Å²) in [7, 11) is 0. The molecule has 2 saturated heterocycles. The summed E-state index contributed by atoms with van der Waals surface area (Å²) in [6.07, 6.45) is 2.61. The highest BCUT2D eigenvalue weighted by Crippen LogP contribution is 2.28. The minimum atomic E-state index is -0.789. The number of carbonyl (C=O) groups excluding carboxylic acids is 3. The maximum atomic E-state index is 13.4. The van der Waals surface area contributed by atoms with Gasteiger partial charge in [-0.2, -0.15) is 5.10 Å². The number of aromatic nitrogens is 2. The van der Waals surface area contributed by atoms with Crippen LogP contribution >= 0.6 is 0 Å². The second kappa shape index (κ2) is 8.86. The molecule has 5 rings (SSSR count). The Hall–Kier alpha value is -3.79. The van der Waals surface area contributed by atoms with Crippen molar-refractivity contribution in [1.29, 1.82) is 0 Å². The number of carbonyl (C=O) groups is 3. The van der Waals surface area contributed by atoms with E-state index in [9.17, 15) is 18.8 Å². The van der Waals surface area contributed by atoms with Gasteiger partial charge in [-0.05, 0) is 49.2 Å². The number of nitrogens with zero attached hydrogens (tertiary/aromatic N) is 3. The molecule has 34 heavy (non-hydrogen) atoms. The molecule has 0 radical (unpaired) electrons. The molecule has 0 aliphatic carbocycles. The summed E-state index contributed by atoms with van der Waals surface area (Å²) < 4.78 is 13.4. The van der Waals surface area contributed by atoms with Gasteiger partial charge in [-0.25, -0.2) is 4.39 Å². The molecule has 3 amide bonds. The van der Waals surface area contributed by atoms with Crippen molar-refractivity contribution in [1.82, 2.24) is 25.3 Å². The lowest BCUT2D eigenvalue weighted by Crippen LogP contribution is -2.68. The molecular formula is C24H25FN6O3. The highest BCUT2D eigenvalue weighted by molar-refractivity contribution is 5.99. The fourth-order valence-electron chi connectivity index (χ4n) is 4.74. The van der Waals surface area contributed by atoms with Crippen molar-refractivity contribution in [3.8, 4) is 0 Å². The van der Waals surface area contributed by atoms with E-state index in [1.54, 1.807) is 23.2 Å². The summed E-state index contributed by atoms with van der Waals surface area (Å²) >= 11 is 0. The Morgan fingerprint density at radius 3 is 2.74 bits per heavy atom. The smallest absolute Gasteiger partial charge is 0.253 e. The van der Waals surface area contributed by atoms with Gasteiger partial charge in [-0.3, -0.25) is 19.5 Å². The first-order chi connectivity index (χ1) is 16.4. The number of likely N-dealkylation sites (tertiary alicyclic amines) is 1. The highest BCUT2D eigenvalue weighted by atomic mass is 19.1. The number of rotatable bonds is 4. The second-order valence-corrected chi connectivity index (χ2v) is 8.76. The van der Waals surface area contributed by atoms with Crippen molar-refractivity contribution < 1.29 is 18.8 Å². The van der Waals surface area contributed by atoms with Crippen molar-refractivity contribution in [3.63, 3.8) is 0 Å². The van der Waals surface area contributed by atoms with Crippen LogP contribution < -0.4 is 10.6 Å². The zero-order valence-electron chi connectivity index (χ0n) is 18.5. The number of piperidine rings is 1.